The molecule has 0 aliphatic rings. The molecule has 0 bridgehead atoms. The summed E-state index contributed by atoms with van der Waals surface area (Å²) in [4.78, 5) is 11.4. The number of hydrogen-bond donors (Lipinski definition) is 2. The lowest BCUT2D eigenvalue weighted by atomic mass is 9.88. The van der Waals surface area contributed by atoms with Gasteiger partial charge in [0.1, 0.15) is 0 Å². The maximum atomic E-state index is 11.4. The fourth-order valence-electron chi connectivity index (χ4n) is 2.14. The number of benzene rings is 2. The summed E-state index contributed by atoms with van der Waals surface area (Å²) in [5, 5.41) is 9.39. The highest BCUT2D eigenvalue weighted by Gasteiger charge is 2.26. The van der Waals surface area contributed by atoms with Crippen LogP contribution in [0, 0.1) is 5.92 Å². The van der Waals surface area contributed by atoms with E-state index in [0.29, 0.717) is 6.42 Å². The molecule has 0 fully saturated rings. The molecule has 0 spiro atoms. The minimum Gasteiger partial charge on any atom is -0.481 e. The second kappa shape index (κ2) is 6.16. The minimum absolute atomic E-state index is 0.437. The van der Waals surface area contributed by atoms with Crippen LogP contribution in [0.25, 0.3) is 0 Å². The van der Waals surface area contributed by atoms with Crippen LogP contribution in [-0.2, 0) is 11.2 Å². The van der Waals surface area contributed by atoms with Gasteiger partial charge in [-0.05, 0) is 17.5 Å². The van der Waals surface area contributed by atoms with Crippen molar-refractivity contribution in [2.24, 2.45) is 11.7 Å². The largest absolute Gasteiger partial charge is 0.481 e. The van der Waals surface area contributed by atoms with Gasteiger partial charge in [-0.3, -0.25) is 4.79 Å². The van der Waals surface area contributed by atoms with Crippen molar-refractivity contribution >= 4 is 5.97 Å². The predicted octanol–water partition coefficient (Wildman–Crippen LogP) is 2.63. The Balaban J connectivity index is 2.19. The number of carboxylic acids is 1. The van der Waals surface area contributed by atoms with E-state index >= 15 is 0 Å². The molecule has 98 valence electrons. The summed E-state index contributed by atoms with van der Waals surface area (Å²) in [6.07, 6.45) is 0.437. The van der Waals surface area contributed by atoms with Crippen molar-refractivity contribution in [3.05, 3.63) is 71.8 Å². The molecule has 2 aromatic rings. The molecule has 0 unspecified atom stereocenters. The van der Waals surface area contributed by atoms with Crippen LogP contribution >= 0.6 is 0 Å². The van der Waals surface area contributed by atoms with Crippen molar-refractivity contribution in [3.63, 3.8) is 0 Å². The molecule has 3 N–H and O–H groups in total. The first-order chi connectivity index (χ1) is 9.18. The summed E-state index contributed by atoms with van der Waals surface area (Å²) < 4.78 is 0. The zero-order chi connectivity index (χ0) is 13.7. The van der Waals surface area contributed by atoms with Crippen molar-refractivity contribution in [1.82, 2.24) is 0 Å². The summed E-state index contributed by atoms with van der Waals surface area (Å²) >= 11 is 0. The van der Waals surface area contributed by atoms with Crippen LogP contribution < -0.4 is 5.73 Å². The van der Waals surface area contributed by atoms with Gasteiger partial charge in [0.2, 0.25) is 0 Å². The van der Waals surface area contributed by atoms with E-state index in [1.807, 2.05) is 60.7 Å². The summed E-state index contributed by atoms with van der Waals surface area (Å²) in [7, 11) is 0. The van der Waals surface area contributed by atoms with Crippen LogP contribution in [-0.4, -0.2) is 11.1 Å². The normalized spacial score (nSPS) is 13.7. The number of aliphatic carboxylic acids is 1. The first-order valence-electron chi connectivity index (χ1n) is 6.25. The van der Waals surface area contributed by atoms with Gasteiger partial charge in [0.15, 0.2) is 0 Å². The maximum Gasteiger partial charge on any atom is 0.308 e. The fraction of sp³-hybridized carbons (Fsp3) is 0.188. The van der Waals surface area contributed by atoms with Crippen molar-refractivity contribution in [2.75, 3.05) is 0 Å². The van der Waals surface area contributed by atoms with E-state index in [0.717, 1.165) is 11.1 Å². The summed E-state index contributed by atoms with van der Waals surface area (Å²) in [5.74, 6) is -1.48. The molecule has 19 heavy (non-hydrogen) atoms. The molecular weight excluding hydrogens is 238 g/mol. The van der Waals surface area contributed by atoms with Gasteiger partial charge < -0.3 is 10.8 Å². The Bertz CT molecular complexity index is 525. The van der Waals surface area contributed by atoms with E-state index in [2.05, 4.69) is 0 Å². The zero-order valence-corrected chi connectivity index (χ0v) is 10.6. The van der Waals surface area contributed by atoms with E-state index in [1.165, 1.54) is 0 Å². The van der Waals surface area contributed by atoms with Gasteiger partial charge in [-0.25, -0.2) is 0 Å². The minimum atomic E-state index is -0.861. The van der Waals surface area contributed by atoms with Gasteiger partial charge in [-0.15, -0.1) is 0 Å². The first kappa shape index (κ1) is 13.3. The Hall–Kier alpha value is -2.13. The third-order valence-corrected chi connectivity index (χ3v) is 3.23. The van der Waals surface area contributed by atoms with Crippen molar-refractivity contribution in [3.8, 4) is 0 Å². The van der Waals surface area contributed by atoms with Crippen LogP contribution in [0.4, 0.5) is 0 Å². The molecule has 0 aromatic heterocycles. The summed E-state index contributed by atoms with van der Waals surface area (Å²) in [6.45, 7) is 0. The standard InChI is InChI=1S/C16H17NO2/c17-15(13-9-5-2-6-10-13)14(16(18)19)11-12-7-3-1-4-8-12/h1-10,14-15H,11,17H2,(H,18,19)/t14-,15+/m0/s1. The van der Waals surface area contributed by atoms with E-state index in [-0.39, 0.29) is 0 Å². The molecule has 2 rings (SSSR count). The quantitative estimate of drug-likeness (QED) is 0.863. The van der Waals surface area contributed by atoms with E-state index in [4.69, 9.17) is 5.73 Å². The van der Waals surface area contributed by atoms with Crippen molar-refractivity contribution in [2.45, 2.75) is 12.5 Å². The smallest absolute Gasteiger partial charge is 0.308 e. The lowest BCUT2D eigenvalue weighted by molar-refractivity contribution is -0.142. The molecule has 2 aromatic carbocycles. The van der Waals surface area contributed by atoms with Gasteiger partial charge in [-0.1, -0.05) is 60.7 Å². The fourth-order valence-corrected chi connectivity index (χ4v) is 2.14. The van der Waals surface area contributed by atoms with Gasteiger partial charge in [0.05, 0.1) is 5.92 Å². The Morgan fingerprint density at radius 1 is 1.00 bits per heavy atom. The van der Waals surface area contributed by atoms with Gasteiger partial charge in [0.25, 0.3) is 0 Å². The molecular formula is C16H17NO2. The predicted molar refractivity (Wildman–Crippen MR) is 74.6 cm³/mol. The average molecular weight is 255 g/mol. The van der Waals surface area contributed by atoms with E-state index < -0.39 is 17.9 Å². The van der Waals surface area contributed by atoms with E-state index in [1.54, 1.807) is 0 Å². The molecule has 0 saturated heterocycles. The van der Waals surface area contributed by atoms with E-state index in [9.17, 15) is 9.90 Å². The molecule has 0 heterocycles. The third-order valence-electron chi connectivity index (χ3n) is 3.23. The topological polar surface area (TPSA) is 63.3 Å². The molecule has 0 aliphatic carbocycles. The number of carbonyl (C=O) groups is 1. The number of hydrogen-bond acceptors (Lipinski definition) is 2. The Kier molecular flexibility index (Phi) is 4.31. The molecule has 2 atom stereocenters. The highest BCUT2D eigenvalue weighted by molar-refractivity contribution is 5.71. The van der Waals surface area contributed by atoms with Crippen LogP contribution in [0.1, 0.15) is 17.2 Å². The molecule has 0 aliphatic heterocycles. The number of carboxylic acid groups (broad SMARTS) is 1. The third kappa shape index (κ3) is 3.42. The van der Waals surface area contributed by atoms with Crippen molar-refractivity contribution < 1.29 is 9.90 Å². The molecule has 3 heteroatoms. The first-order valence-corrected chi connectivity index (χ1v) is 6.25. The second-order valence-electron chi connectivity index (χ2n) is 4.57. The van der Waals surface area contributed by atoms with Crippen LogP contribution in [0.2, 0.25) is 0 Å². The highest BCUT2D eigenvalue weighted by atomic mass is 16.4. The van der Waals surface area contributed by atoms with Gasteiger partial charge in [-0.2, -0.15) is 0 Å². The Labute approximate surface area is 112 Å². The summed E-state index contributed by atoms with van der Waals surface area (Å²) in [5.41, 5.74) is 7.95. The zero-order valence-electron chi connectivity index (χ0n) is 10.6. The average Bonchev–Trinajstić information content (AvgIpc) is 2.46. The van der Waals surface area contributed by atoms with Gasteiger partial charge in [0, 0.05) is 6.04 Å². The Morgan fingerprint density at radius 2 is 1.53 bits per heavy atom. The lowest BCUT2D eigenvalue weighted by Crippen LogP contribution is -2.30. The molecule has 0 saturated carbocycles. The van der Waals surface area contributed by atoms with Crippen LogP contribution in [0.5, 0.6) is 0 Å². The second-order valence-corrected chi connectivity index (χ2v) is 4.57. The Morgan fingerprint density at radius 3 is 2.05 bits per heavy atom. The lowest BCUT2D eigenvalue weighted by Gasteiger charge is -2.20. The monoisotopic (exact) mass is 255 g/mol. The summed E-state index contributed by atoms with van der Waals surface area (Å²) in [6, 6.07) is 18.4. The van der Waals surface area contributed by atoms with Crippen molar-refractivity contribution in [1.29, 1.82) is 0 Å². The maximum absolute atomic E-state index is 11.4. The van der Waals surface area contributed by atoms with Gasteiger partial charge >= 0.3 is 5.97 Å². The number of nitrogens with two attached hydrogens (primary N) is 1. The van der Waals surface area contributed by atoms with Crippen LogP contribution in [0.3, 0.4) is 0 Å². The number of rotatable bonds is 5. The molecule has 3 nitrogen and oxygen atoms in total. The SMILES string of the molecule is N[C@H](c1ccccc1)[C@H](Cc1ccccc1)C(=O)O. The molecule has 0 amide bonds. The molecule has 0 radical (unpaired) electrons. The highest BCUT2D eigenvalue weighted by Crippen LogP contribution is 2.23. The van der Waals surface area contributed by atoms with Crippen LogP contribution in [0.15, 0.2) is 60.7 Å².